The minimum atomic E-state index is -0.778. The van der Waals surface area contributed by atoms with E-state index in [1.54, 1.807) is 0 Å². The molecule has 76 heavy (non-hydrogen) atoms. The molecule has 0 aromatic rings. The molecule has 0 heterocycles. The van der Waals surface area contributed by atoms with Crippen LogP contribution in [0.2, 0.25) is 0 Å². The topological polar surface area (TPSA) is 78.9 Å². The number of unbranched alkanes of at least 4 members (excludes halogenated alkanes) is 37. The Kier molecular flexibility index (Phi) is 61.7. The average Bonchev–Trinajstić information content (AvgIpc) is 3.42. The molecule has 0 fully saturated rings. The molecule has 440 valence electrons. The molecule has 1 atom stereocenters. The van der Waals surface area contributed by atoms with Crippen LogP contribution < -0.4 is 0 Å². The van der Waals surface area contributed by atoms with Gasteiger partial charge in [-0.3, -0.25) is 14.4 Å². The second kappa shape index (κ2) is 64.4. The van der Waals surface area contributed by atoms with E-state index in [0.717, 1.165) is 96.3 Å². The fraction of sp³-hybridized carbons (Fsp3) is 0.786. The van der Waals surface area contributed by atoms with Gasteiger partial charge in [-0.05, 0) is 89.9 Å². The third-order valence-corrected chi connectivity index (χ3v) is 14.4. The summed E-state index contributed by atoms with van der Waals surface area (Å²) >= 11 is 0. The summed E-state index contributed by atoms with van der Waals surface area (Å²) in [6.07, 6.45) is 83.4. The number of rotatable bonds is 60. The van der Waals surface area contributed by atoms with Crippen LogP contribution in [0.3, 0.4) is 0 Å². The highest BCUT2D eigenvalue weighted by atomic mass is 16.6. The van der Waals surface area contributed by atoms with E-state index in [2.05, 4.69) is 93.7 Å². The molecule has 0 aliphatic carbocycles. The second-order valence-corrected chi connectivity index (χ2v) is 22.0. The van der Waals surface area contributed by atoms with Crippen molar-refractivity contribution in [2.45, 2.75) is 341 Å². The fourth-order valence-electron chi connectivity index (χ4n) is 9.53. The highest BCUT2D eigenvalue weighted by Crippen LogP contribution is 2.17. The number of ether oxygens (including phenoxy) is 3. The van der Waals surface area contributed by atoms with E-state index in [0.29, 0.717) is 19.3 Å². The SMILES string of the molecule is CC/C=C\C/C=C\C/C=C\C/C=C\C/C=C\CCCCCCCCCCCCCCCC(=O)OCC(COC(=O)CCCCCCCCCCCCCCCC)OC(=O)CCCCCCC/C=C\CCCCCCCC. The van der Waals surface area contributed by atoms with E-state index in [1.807, 2.05) is 0 Å². The lowest BCUT2D eigenvalue weighted by Gasteiger charge is -2.18. The van der Waals surface area contributed by atoms with E-state index >= 15 is 0 Å². The number of allylic oxidation sites excluding steroid dienone is 12. The third-order valence-electron chi connectivity index (χ3n) is 14.4. The van der Waals surface area contributed by atoms with Crippen LogP contribution in [0.25, 0.3) is 0 Å². The van der Waals surface area contributed by atoms with Crippen LogP contribution >= 0.6 is 0 Å². The van der Waals surface area contributed by atoms with E-state index in [-0.39, 0.29) is 31.1 Å². The lowest BCUT2D eigenvalue weighted by atomic mass is 10.0. The zero-order valence-corrected chi connectivity index (χ0v) is 50.5. The van der Waals surface area contributed by atoms with Crippen molar-refractivity contribution < 1.29 is 28.6 Å². The van der Waals surface area contributed by atoms with E-state index in [4.69, 9.17) is 14.2 Å². The minimum Gasteiger partial charge on any atom is -0.462 e. The van der Waals surface area contributed by atoms with Gasteiger partial charge >= 0.3 is 17.9 Å². The Morgan fingerprint density at radius 2 is 0.513 bits per heavy atom. The molecule has 0 aromatic carbocycles. The van der Waals surface area contributed by atoms with Crippen LogP contribution in [0.4, 0.5) is 0 Å². The number of carbonyl (C=O) groups is 3. The van der Waals surface area contributed by atoms with Gasteiger partial charge in [-0.1, -0.05) is 299 Å². The first-order chi connectivity index (χ1) is 37.5. The Labute approximate surface area is 472 Å². The van der Waals surface area contributed by atoms with Crippen molar-refractivity contribution in [3.63, 3.8) is 0 Å². The molecule has 0 bridgehead atoms. The molecule has 0 N–H and O–H groups in total. The van der Waals surface area contributed by atoms with Gasteiger partial charge in [0.15, 0.2) is 6.10 Å². The van der Waals surface area contributed by atoms with Gasteiger partial charge in [0.2, 0.25) is 0 Å². The molecule has 0 saturated heterocycles. The first-order valence-corrected chi connectivity index (χ1v) is 32.9. The summed E-state index contributed by atoms with van der Waals surface area (Å²) in [6, 6.07) is 0. The van der Waals surface area contributed by atoms with Gasteiger partial charge in [0, 0.05) is 19.3 Å². The Hall–Kier alpha value is -3.15. The van der Waals surface area contributed by atoms with Gasteiger partial charge in [0.1, 0.15) is 13.2 Å². The number of esters is 3. The first-order valence-electron chi connectivity index (χ1n) is 32.9. The second-order valence-electron chi connectivity index (χ2n) is 22.0. The molecule has 0 aliphatic rings. The number of carbonyl (C=O) groups excluding carboxylic acids is 3. The Bertz CT molecular complexity index is 1400. The van der Waals surface area contributed by atoms with Gasteiger partial charge in [0.05, 0.1) is 0 Å². The molecule has 0 rings (SSSR count). The maximum absolute atomic E-state index is 12.9. The number of hydrogen-bond donors (Lipinski definition) is 0. The molecule has 6 nitrogen and oxygen atoms in total. The van der Waals surface area contributed by atoms with E-state index < -0.39 is 6.10 Å². The van der Waals surface area contributed by atoms with Crippen molar-refractivity contribution in [1.29, 1.82) is 0 Å². The van der Waals surface area contributed by atoms with Gasteiger partial charge in [-0.15, -0.1) is 0 Å². The molecule has 0 aliphatic heterocycles. The highest BCUT2D eigenvalue weighted by Gasteiger charge is 2.19. The van der Waals surface area contributed by atoms with Crippen LogP contribution in [-0.4, -0.2) is 37.2 Å². The zero-order valence-electron chi connectivity index (χ0n) is 50.5. The first kappa shape index (κ1) is 72.8. The van der Waals surface area contributed by atoms with Crippen LogP contribution in [-0.2, 0) is 28.6 Å². The molecular weight excluding hydrogens is 937 g/mol. The molecule has 0 spiro atoms. The van der Waals surface area contributed by atoms with Crippen LogP contribution in [0, 0.1) is 0 Å². The summed E-state index contributed by atoms with van der Waals surface area (Å²) < 4.78 is 16.9. The summed E-state index contributed by atoms with van der Waals surface area (Å²) in [7, 11) is 0. The average molecular weight is 1060 g/mol. The number of hydrogen-bond acceptors (Lipinski definition) is 6. The normalized spacial score (nSPS) is 12.5. The van der Waals surface area contributed by atoms with Gasteiger partial charge in [-0.2, -0.15) is 0 Å². The Balaban J connectivity index is 4.23. The standard InChI is InChI=1S/C70H124O6/c1-4-7-10-13-16-19-22-25-28-29-30-31-32-33-34-35-36-37-38-39-40-41-43-45-48-51-54-57-60-63-69(72)75-66-67(65-74-68(71)62-59-56-53-50-47-44-27-24-21-18-15-12-9-6-3)76-70(73)64-61-58-55-52-49-46-42-26-23-20-17-14-11-8-5-2/h7,10,16,19,25-26,28,30-31,33-34,42,67H,4-6,8-9,11-15,17-18,20-24,27,29,32,35-41,43-66H2,1-3H3/b10-7-,19-16-,28-25-,31-30-,34-33-,42-26-. The van der Waals surface area contributed by atoms with Crippen LogP contribution in [0.5, 0.6) is 0 Å². The van der Waals surface area contributed by atoms with Crippen molar-refractivity contribution >= 4 is 17.9 Å². The molecule has 0 aromatic heterocycles. The summed E-state index contributed by atoms with van der Waals surface area (Å²) in [5.74, 6) is -0.866. The smallest absolute Gasteiger partial charge is 0.306 e. The molecular formula is C70H124O6. The summed E-state index contributed by atoms with van der Waals surface area (Å²) in [6.45, 7) is 6.56. The lowest BCUT2D eigenvalue weighted by Crippen LogP contribution is -2.30. The molecule has 0 radical (unpaired) electrons. The van der Waals surface area contributed by atoms with Crippen molar-refractivity contribution in [3.05, 3.63) is 72.9 Å². The third kappa shape index (κ3) is 61.7. The monoisotopic (exact) mass is 1060 g/mol. The van der Waals surface area contributed by atoms with Crippen molar-refractivity contribution in [3.8, 4) is 0 Å². The van der Waals surface area contributed by atoms with E-state index in [9.17, 15) is 14.4 Å². The zero-order chi connectivity index (χ0) is 55.0. The van der Waals surface area contributed by atoms with Crippen LogP contribution in [0.1, 0.15) is 335 Å². The minimum absolute atomic E-state index is 0.0741. The van der Waals surface area contributed by atoms with Crippen LogP contribution in [0.15, 0.2) is 72.9 Å². The maximum Gasteiger partial charge on any atom is 0.306 e. The molecule has 1 unspecified atom stereocenters. The predicted octanol–water partition coefficient (Wildman–Crippen LogP) is 22.5. The van der Waals surface area contributed by atoms with Gasteiger partial charge in [0.25, 0.3) is 0 Å². The lowest BCUT2D eigenvalue weighted by molar-refractivity contribution is -0.167. The van der Waals surface area contributed by atoms with Crippen molar-refractivity contribution in [2.75, 3.05) is 13.2 Å². The molecule has 6 heteroatoms. The predicted molar refractivity (Wildman–Crippen MR) is 330 cm³/mol. The quantitative estimate of drug-likeness (QED) is 0.0261. The summed E-state index contributed by atoms with van der Waals surface area (Å²) in [5.41, 5.74) is 0. The summed E-state index contributed by atoms with van der Waals surface area (Å²) in [4.78, 5) is 38.3. The highest BCUT2D eigenvalue weighted by molar-refractivity contribution is 5.71. The Morgan fingerprint density at radius 1 is 0.276 bits per heavy atom. The molecule has 0 amide bonds. The van der Waals surface area contributed by atoms with Gasteiger partial charge < -0.3 is 14.2 Å². The summed E-state index contributed by atoms with van der Waals surface area (Å²) in [5, 5.41) is 0. The van der Waals surface area contributed by atoms with Gasteiger partial charge in [-0.25, -0.2) is 0 Å². The largest absolute Gasteiger partial charge is 0.462 e. The maximum atomic E-state index is 12.9. The Morgan fingerprint density at radius 3 is 0.816 bits per heavy atom. The fourth-order valence-corrected chi connectivity index (χ4v) is 9.53. The van der Waals surface area contributed by atoms with Crippen molar-refractivity contribution in [1.82, 2.24) is 0 Å². The van der Waals surface area contributed by atoms with E-state index in [1.165, 1.54) is 199 Å². The van der Waals surface area contributed by atoms with Crippen molar-refractivity contribution in [2.24, 2.45) is 0 Å². The molecule has 0 saturated carbocycles.